The van der Waals surface area contributed by atoms with Crippen LogP contribution in [-0.2, 0) is 4.74 Å². The van der Waals surface area contributed by atoms with Crippen LogP contribution in [0.1, 0.15) is 12.8 Å². The third kappa shape index (κ3) is 3.53. The molecule has 0 saturated carbocycles. The molecule has 5 nitrogen and oxygen atoms in total. The fourth-order valence-corrected chi connectivity index (χ4v) is 2.97. The average molecular weight is 338 g/mol. The van der Waals surface area contributed by atoms with Crippen LogP contribution in [0.3, 0.4) is 0 Å². The number of ether oxygens (including phenoxy) is 1. The van der Waals surface area contributed by atoms with Crippen molar-refractivity contribution in [2.45, 2.75) is 18.9 Å². The van der Waals surface area contributed by atoms with Gasteiger partial charge in [0.2, 0.25) is 5.95 Å². The van der Waals surface area contributed by atoms with Crippen LogP contribution in [0, 0.1) is 5.82 Å². The van der Waals surface area contributed by atoms with E-state index in [9.17, 15) is 4.39 Å². The van der Waals surface area contributed by atoms with Gasteiger partial charge in [0.25, 0.3) is 0 Å². The van der Waals surface area contributed by atoms with Crippen molar-refractivity contribution in [3.8, 4) is 0 Å². The quantitative estimate of drug-likeness (QED) is 0.733. The summed E-state index contributed by atoms with van der Waals surface area (Å²) in [5, 5.41) is 7.25. The number of benzene rings is 2. The van der Waals surface area contributed by atoms with Gasteiger partial charge < -0.3 is 15.4 Å². The number of aromatic nitrogens is 2. The molecule has 2 heterocycles. The lowest BCUT2D eigenvalue weighted by molar-refractivity contribution is 0.120. The third-order valence-corrected chi connectivity index (χ3v) is 4.24. The molecule has 2 N–H and O–H groups in total. The Bertz CT molecular complexity index is 880. The van der Waals surface area contributed by atoms with E-state index in [1.54, 1.807) is 18.2 Å². The van der Waals surface area contributed by atoms with E-state index in [2.05, 4.69) is 20.6 Å². The van der Waals surface area contributed by atoms with Crippen molar-refractivity contribution in [3.63, 3.8) is 0 Å². The van der Waals surface area contributed by atoms with Crippen molar-refractivity contribution >= 4 is 28.4 Å². The highest BCUT2D eigenvalue weighted by Crippen LogP contribution is 2.25. The second kappa shape index (κ2) is 7.03. The van der Waals surface area contributed by atoms with Crippen molar-refractivity contribution < 1.29 is 9.13 Å². The first-order valence-electron chi connectivity index (χ1n) is 8.43. The molecule has 1 saturated heterocycles. The first kappa shape index (κ1) is 15.8. The third-order valence-electron chi connectivity index (χ3n) is 4.24. The topological polar surface area (TPSA) is 59.1 Å². The molecule has 1 aliphatic rings. The van der Waals surface area contributed by atoms with Crippen molar-refractivity contribution in [1.29, 1.82) is 0 Å². The Morgan fingerprint density at radius 3 is 2.76 bits per heavy atom. The van der Waals surface area contributed by atoms with Gasteiger partial charge in [-0.3, -0.25) is 0 Å². The summed E-state index contributed by atoms with van der Waals surface area (Å²) in [5.74, 6) is 0.742. The molecule has 1 unspecified atom stereocenters. The highest BCUT2D eigenvalue weighted by molar-refractivity contribution is 5.90. The van der Waals surface area contributed by atoms with Gasteiger partial charge in [0.05, 0.1) is 17.3 Å². The first-order valence-corrected chi connectivity index (χ1v) is 8.43. The van der Waals surface area contributed by atoms with E-state index in [0.717, 1.165) is 36.2 Å². The predicted octanol–water partition coefficient (Wildman–Crippen LogP) is 4.10. The summed E-state index contributed by atoms with van der Waals surface area (Å²) >= 11 is 0. The molecule has 0 aliphatic carbocycles. The number of nitrogens with one attached hydrogen (secondary N) is 2. The Morgan fingerprint density at radius 2 is 1.92 bits per heavy atom. The van der Waals surface area contributed by atoms with E-state index in [0.29, 0.717) is 18.2 Å². The number of hydrogen-bond donors (Lipinski definition) is 2. The zero-order chi connectivity index (χ0) is 17.1. The van der Waals surface area contributed by atoms with Crippen LogP contribution in [0.5, 0.6) is 0 Å². The number of para-hydroxylation sites is 2. The molecule has 1 fully saturated rings. The number of nitrogens with zero attached hydrogens (tertiary/aromatic N) is 2. The van der Waals surface area contributed by atoms with Crippen LogP contribution < -0.4 is 10.6 Å². The number of rotatable bonds is 5. The number of halogens is 1. The Morgan fingerprint density at radius 1 is 1.08 bits per heavy atom. The fourth-order valence-electron chi connectivity index (χ4n) is 2.97. The molecule has 6 heteroatoms. The van der Waals surface area contributed by atoms with Gasteiger partial charge in [0.15, 0.2) is 0 Å². The summed E-state index contributed by atoms with van der Waals surface area (Å²) in [6.07, 6.45) is 2.35. The lowest BCUT2D eigenvalue weighted by atomic mass is 10.2. The summed E-state index contributed by atoms with van der Waals surface area (Å²) in [6, 6.07) is 14.2. The Hall–Kier alpha value is -2.73. The number of fused-ring (bicyclic) bond motifs is 1. The fraction of sp³-hybridized carbons (Fsp3) is 0.263. The Balaban J connectivity index is 1.64. The van der Waals surface area contributed by atoms with E-state index in [1.807, 2.05) is 24.3 Å². The molecular formula is C19H19FN4O. The van der Waals surface area contributed by atoms with Gasteiger partial charge in [-0.15, -0.1) is 0 Å². The smallest absolute Gasteiger partial charge is 0.229 e. The molecule has 0 spiro atoms. The van der Waals surface area contributed by atoms with Gasteiger partial charge in [0, 0.05) is 18.5 Å². The summed E-state index contributed by atoms with van der Waals surface area (Å²) in [7, 11) is 0. The van der Waals surface area contributed by atoms with Crippen molar-refractivity contribution in [2.24, 2.45) is 0 Å². The largest absolute Gasteiger partial charge is 0.376 e. The minimum absolute atomic E-state index is 0.205. The molecule has 1 atom stereocenters. The summed E-state index contributed by atoms with van der Waals surface area (Å²) in [6.45, 7) is 1.51. The van der Waals surface area contributed by atoms with Crippen molar-refractivity contribution in [1.82, 2.24) is 9.97 Å². The Labute approximate surface area is 145 Å². The minimum atomic E-state index is -0.340. The summed E-state index contributed by atoms with van der Waals surface area (Å²) in [5.41, 5.74) is 1.15. The molecule has 3 aromatic rings. The predicted molar refractivity (Wildman–Crippen MR) is 96.7 cm³/mol. The van der Waals surface area contributed by atoms with E-state index in [4.69, 9.17) is 4.74 Å². The van der Waals surface area contributed by atoms with E-state index in [-0.39, 0.29) is 11.9 Å². The highest BCUT2D eigenvalue weighted by atomic mass is 19.1. The van der Waals surface area contributed by atoms with Gasteiger partial charge in [0.1, 0.15) is 11.6 Å². The zero-order valence-electron chi connectivity index (χ0n) is 13.7. The maximum Gasteiger partial charge on any atom is 0.229 e. The van der Waals surface area contributed by atoms with Gasteiger partial charge in [-0.2, -0.15) is 4.98 Å². The molecule has 25 heavy (non-hydrogen) atoms. The van der Waals surface area contributed by atoms with E-state index in [1.165, 1.54) is 6.07 Å². The minimum Gasteiger partial charge on any atom is -0.376 e. The van der Waals surface area contributed by atoms with Crippen LogP contribution in [0.4, 0.5) is 21.8 Å². The lowest BCUT2D eigenvalue weighted by Gasteiger charge is -2.14. The normalized spacial score (nSPS) is 16.9. The van der Waals surface area contributed by atoms with E-state index >= 15 is 0 Å². The lowest BCUT2D eigenvalue weighted by Crippen LogP contribution is -2.19. The number of anilines is 3. The Kier molecular flexibility index (Phi) is 4.43. The maximum absolute atomic E-state index is 13.9. The summed E-state index contributed by atoms with van der Waals surface area (Å²) in [4.78, 5) is 9.03. The average Bonchev–Trinajstić information content (AvgIpc) is 3.15. The van der Waals surface area contributed by atoms with Gasteiger partial charge in [-0.05, 0) is 37.1 Å². The van der Waals surface area contributed by atoms with Crippen LogP contribution in [0.2, 0.25) is 0 Å². The molecule has 4 rings (SSSR count). The SMILES string of the molecule is Fc1ccccc1Nc1nc(NCC2CCCO2)c2ccccc2n1. The van der Waals surface area contributed by atoms with Gasteiger partial charge in [-0.1, -0.05) is 24.3 Å². The molecule has 0 bridgehead atoms. The highest BCUT2D eigenvalue weighted by Gasteiger charge is 2.16. The standard InChI is InChI=1S/C19H19FN4O/c20-15-8-2-4-10-17(15)23-19-22-16-9-3-1-7-14(16)18(24-19)21-12-13-6-5-11-25-13/h1-4,7-10,13H,5-6,11-12H2,(H2,21,22,23,24). The second-order valence-electron chi connectivity index (χ2n) is 6.03. The van der Waals surface area contributed by atoms with Crippen LogP contribution >= 0.6 is 0 Å². The monoisotopic (exact) mass is 338 g/mol. The summed E-state index contributed by atoms with van der Waals surface area (Å²) < 4.78 is 19.5. The second-order valence-corrected chi connectivity index (χ2v) is 6.03. The molecule has 128 valence electrons. The van der Waals surface area contributed by atoms with Crippen LogP contribution in [-0.4, -0.2) is 29.2 Å². The maximum atomic E-state index is 13.9. The van der Waals surface area contributed by atoms with E-state index < -0.39 is 0 Å². The van der Waals surface area contributed by atoms with Crippen molar-refractivity contribution in [2.75, 3.05) is 23.8 Å². The van der Waals surface area contributed by atoms with Gasteiger partial charge >= 0.3 is 0 Å². The van der Waals surface area contributed by atoms with Gasteiger partial charge in [-0.25, -0.2) is 9.37 Å². The molecule has 2 aromatic carbocycles. The molecule has 0 radical (unpaired) electrons. The van der Waals surface area contributed by atoms with Crippen LogP contribution in [0.15, 0.2) is 48.5 Å². The number of hydrogen-bond acceptors (Lipinski definition) is 5. The molecule has 1 aromatic heterocycles. The van der Waals surface area contributed by atoms with Crippen molar-refractivity contribution in [3.05, 3.63) is 54.3 Å². The molecule has 1 aliphatic heterocycles. The zero-order valence-corrected chi connectivity index (χ0v) is 13.7. The van der Waals surface area contributed by atoms with Crippen LogP contribution in [0.25, 0.3) is 10.9 Å². The first-order chi connectivity index (χ1) is 12.3. The molecule has 0 amide bonds. The molecular weight excluding hydrogens is 319 g/mol.